The summed E-state index contributed by atoms with van der Waals surface area (Å²) in [5.41, 5.74) is 8.80. The number of alkyl halides is 3. The SMILES string of the molecule is CC1=CN(NC(C)c2cc(N)cc(C(F)(F)F)c2)C[C@@H](CC2CC2)O1. The van der Waals surface area contributed by atoms with Crippen LogP contribution in [-0.4, -0.2) is 17.7 Å². The number of halogens is 3. The van der Waals surface area contributed by atoms with Crippen LogP contribution in [0.15, 0.2) is 30.2 Å². The number of hydrazine groups is 1. The molecule has 0 spiro atoms. The number of nitrogens with one attached hydrogen (secondary N) is 1. The maximum atomic E-state index is 13.0. The Morgan fingerprint density at radius 1 is 1.32 bits per heavy atom. The lowest BCUT2D eigenvalue weighted by molar-refractivity contribution is -0.137. The quantitative estimate of drug-likeness (QED) is 0.777. The first-order valence-electron chi connectivity index (χ1n) is 8.56. The highest BCUT2D eigenvalue weighted by Gasteiger charge is 2.32. The molecule has 1 aliphatic carbocycles. The van der Waals surface area contributed by atoms with E-state index in [4.69, 9.17) is 10.5 Å². The van der Waals surface area contributed by atoms with Gasteiger partial charge in [0.25, 0.3) is 0 Å². The lowest BCUT2D eigenvalue weighted by Crippen LogP contribution is -2.44. The highest BCUT2D eigenvalue weighted by Crippen LogP contribution is 2.36. The molecule has 4 nitrogen and oxygen atoms in total. The second kappa shape index (κ2) is 6.78. The van der Waals surface area contributed by atoms with Gasteiger partial charge in [0.2, 0.25) is 0 Å². The normalized spacial score (nSPS) is 22.4. The van der Waals surface area contributed by atoms with Gasteiger partial charge in [-0.3, -0.25) is 0 Å². The van der Waals surface area contributed by atoms with Crippen molar-refractivity contribution in [3.05, 3.63) is 41.3 Å². The van der Waals surface area contributed by atoms with E-state index in [-0.39, 0.29) is 17.8 Å². The van der Waals surface area contributed by atoms with Crippen LogP contribution in [0, 0.1) is 5.92 Å². The summed E-state index contributed by atoms with van der Waals surface area (Å²) < 4.78 is 44.8. The van der Waals surface area contributed by atoms with Crippen LogP contribution in [0.2, 0.25) is 0 Å². The van der Waals surface area contributed by atoms with Crippen molar-refractivity contribution in [3.63, 3.8) is 0 Å². The molecule has 3 rings (SSSR count). The standard InChI is InChI=1S/C18H24F3N3O/c1-11-9-24(10-17(25-11)5-13-3-4-13)23-12(2)14-6-15(18(19,20)21)8-16(22)7-14/h6-9,12-13,17,23H,3-5,10,22H2,1-2H3/t12?,17-/m1/s1. The Balaban J connectivity index is 1.69. The van der Waals surface area contributed by atoms with Crippen molar-refractivity contribution in [2.75, 3.05) is 12.3 Å². The summed E-state index contributed by atoms with van der Waals surface area (Å²) in [7, 11) is 0. The van der Waals surface area contributed by atoms with E-state index < -0.39 is 11.7 Å². The van der Waals surface area contributed by atoms with Crippen LogP contribution in [0.1, 0.15) is 50.3 Å². The third kappa shape index (κ3) is 4.81. The number of hydrogen-bond acceptors (Lipinski definition) is 4. The minimum atomic E-state index is -4.41. The summed E-state index contributed by atoms with van der Waals surface area (Å²) in [4.78, 5) is 0. The van der Waals surface area contributed by atoms with Crippen LogP contribution in [0.5, 0.6) is 0 Å². The monoisotopic (exact) mass is 355 g/mol. The third-order valence-electron chi connectivity index (χ3n) is 4.55. The molecule has 1 unspecified atom stereocenters. The molecule has 0 radical (unpaired) electrons. The Bertz CT molecular complexity index is 655. The van der Waals surface area contributed by atoms with Gasteiger partial charge in [-0.1, -0.05) is 12.8 Å². The van der Waals surface area contributed by atoms with Gasteiger partial charge in [-0.15, -0.1) is 0 Å². The Morgan fingerprint density at radius 2 is 2.04 bits per heavy atom. The fraction of sp³-hybridized carbons (Fsp3) is 0.556. The number of benzene rings is 1. The van der Waals surface area contributed by atoms with Crippen molar-refractivity contribution >= 4 is 5.69 Å². The topological polar surface area (TPSA) is 50.5 Å². The highest BCUT2D eigenvalue weighted by molar-refractivity contribution is 5.46. The van der Waals surface area contributed by atoms with Crippen molar-refractivity contribution in [1.82, 2.24) is 10.4 Å². The molecule has 25 heavy (non-hydrogen) atoms. The van der Waals surface area contributed by atoms with Crippen LogP contribution in [-0.2, 0) is 10.9 Å². The number of anilines is 1. The van der Waals surface area contributed by atoms with Gasteiger partial charge in [-0.25, -0.2) is 5.43 Å². The van der Waals surface area contributed by atoms with Gasteiger partial charge in [0.1, 0.15) is 11.9 Å². The second-order valence-electron chi connectivity index (χ2n) is 7.05. The molecule has 1 aromatic rings. The number of nitrogens with two attached hydrogens (primary N) is 1. The molecule has 0 amide bonds. The molecule has 1 saturated carbocycles. The average molecular weight is 355 g/mol. The number of hydrogen-bond donors (Lipinski definition) is 2. The second-order valence-corrected chi connectivity index (χ2v) is 7.05. The zero-order valence-electron chi connectivity index (χ0n) is 14.4. The molecule has 0 saturated heterocycles. The number of ether oxygens (including phenoxy) is 1. The van der Waals surface area contributed by atoms with Crippen molar-refractivity contribution in [2.45, 2.75) is 51.4 Å². The average Bonchev–Trinajstić information content (AvgIpc) is 3.29. The molecule has 1 aromatic carbocycles. The maximum absolute atomic E-state index is 13.0. The van der Waals surface area contributed by atoms with Gasteiger partial charge in [0, 0.05) is 11.7 Å². The van der Waals surface area contributed by atoms with Crippen molar-refractivity contribution in [3.8, 4) is 0 Å². The smallest absolute Gasteiger partial charge is 0.416 e. The molecule has 0 aromatic heterocycles. The zero-order chi connectivity index (χ0) is 18.2. The first kappa shape index (κ1) is 17.9. The largest absolute Gasteiger partial charge is 0.492 e. The highest BCUT2D eigenvalue weighted by atomic mass is 19.4. The number of rotatable bonds is 5. The molecular weight excluding hydrogens is 331 g/mol. The van der Waals surface area contributed by atoms with Crippen molar-refractivity contribution in [1.29, 1.82) is 0 Å². The van der Waals surface area contributed by atoms with E-state index in [1.165, 1.54) is 12.8 Å². The number of nitrogen functional groups attached to an aromatic ring is 1. The number of nitrogens with zero attached hydrogens (tertiary/aromatic N) is 1. The van der Waals surface area contributed by atoms with Crippen LogP contribution in [0.4, 0.5) is 18.9 Å². The lowest BCUT2D eigenvalue weighted by atomic mass is 10.0. The van der Waals surface area contributed by atoms with Gasteiger partial charge in [-0.2, -0.15) is 13.2 Å². The molecule has 2 atom stereocenters. The molecule has 1 heterocycles. The van der Waals surface area contributed by atoms with Gasteiger partial charge in [0.15, 0.2) is 0 Å². The fourth-order valence-electron chi connectivity index (χ4n) is 3.17. The van der Waals surface area contributed by atoms with Crippen LogP contribution in [0.3, 0.4) is 0 Å². The van der Waals surface area contributed by atoms with E-state index in [2.05, 4.69) is 5.43 Å². The molecular formula is C18H24F3N3O. The first-order chi connectivity index (χ1) is 11.7. The third-order valence-corrected chi connectivity index (χ3v) is 4.55. The zero-order valence-corrected chi connectivity index (χ0v) is 14.4. The van der Waals surface area contributed by atoms with E-state index in [0.717, 1.165) is 30.2 Å². The molecule has 3 N–H and O–H groups in total. The minimum Gasteiger partial charge on any atom is -0.492 e. The van der Waals surface area contributed by atoms with E-state index in [1.807, 2.05) is 25.1 Å². The van der Waals surface area contributed by atoms with E-state index in [9.17, 15) is 13.2 Å². The van der Waals surface area contributed by atoms with Crippen LogP contribution in [0.25, 0.3) is 0 Å². The summed E-state index contributed by atoms with van der Waals surface area (Å²) in [6, 6.07) is 3.37. The number of allylic oxidation sites excluding steroid dienone is 1. The van der Waals surface area contributed by atoms with Crippen molar-refractivity contribution in [2.24, 2.45) is 5.92 Å². The molecule has 1 aliphatic heterocycles. The first-order valence-corrected chi connectivity index (χ1v) is 8.56. The Morgan fingerprint density at radius 3 is 2.68 bits per heavy atom. The minimum absolute atomic E-state index is 0.110. The Labute approximate surface area is 145 Å². The molecule has 2 aliphatic rings. The molecule has 0 bridgehead atoms. The molecule has 138 valence electrons. The van der Waals surface area contributed by atoms with E-state index >= 15 is 0 Å². The van der Waals surface area contributed by atoms with Gasteiger partial charge in [0.05, 0.1) is 18.3 Å². The van der Waals surface area contributed by atoms with E-state index in [0.29, 0.717) is 12.1 Å². The summed E-state index contributed by atoms with van der Waals surface area (Å²) in [5.74, 6) is 1.55. The summed E-state index contributed by atoms with van der Waals surface area (Å²) in [5, 5.41) is 1.91. The maximum Gasteiger partial charge on any atom is 0.416 e. The van der Waals surface area contributed by atoms with Gasteiger partial charge >= 0.3 is 6.18 Å². The van der Waals surface area contributed by atoms with Crippen LogP contribution >= 0.6 is 0 Å². The van der Waals surface area contributed by atoms with Crippen molar-refractivity contribution < 1.29 is 17.9 Å². The summed E-state index contributed by atoms with van der Waals surface area (Å²) in [6.45, 7) is 4.39. The lowest BCUT2D eigenvalue weighted by Gasteiger charge is -2.35. The predicted octanol–water partition coefficient (Wildman–Crippen LogP) is 4.22. The van der Waals surface area contributed by atoms with E-state index in [1.54, 1.807) is 6.07 Å². The predicted molar refractivity (Wildman–Crippen MR) is 90.1 cm³/mol. The molecule has 1 fully saturated rings. The van der Waals surface area contributed by atoms with Crippen LogP contribution < -0.4 is 11.2 Å². The molecule has 7 heteroatoms. The van der Waals surface area contributed by atoms with Gasteiger partial charge in [-0.05, 0) is 49.9 Å². The summed E-state index contributed by atoms with van der Waals surface area (Å²) >= 11 is 0. The van der Waals surface area contributed by atoms with Gasteiger partial charge < -0.3 is 15.5 Å². The fourth-order valence-corrected chi connectivity index (χ4v) is 3.17. The Kier molecular flexibility index (Phi) is 4.86. The Hall–Kier alpha value is -1.89. The summed E-state index contributed by atoms with van der Waals surface area (Å²) in [6.07, 6.45) is 1.09.